The first-order valence-corrected chi connectivity index (χ1v) is 11.2. The van der Waals surface area contributed by atoms with Gasteiger partial charge in [0.2, 0.25) is 0 Å². The van der Waals surface area contributed by atoms with Crippen LogP contribution in [0.4, 0.5) is 0 Å². The first-order valence-electron chi connectivity index (χ1n) is 11.2. The van der Waals surface area contributed by atoms with E-state index in [-0.39, 0.29) is 30.5 Å². The molecule has 1 heterocycles. The molecule has 178 valence electrons. The lowest BCUT2D eigenvalue weighted by atomic mass is 9.84. The van der Waals surface area contributed by atoms with E-state index in [9.17, 15) is 4.79 Å². The van der Waals surface area contributed by atoms with E-state index in [0.29, 0.717) is 23.7 Å². The van der Waals surface area contributed by atoms with Crippen LogP contribution >= 0.6 is 0 Å². The Hall–Kier alpha value is -2.99. The molecule has 0 N–H and O–H groups in total. The highest BCUT2D eigenvalue weighted by atomic mass is 16.5. The summed E-state index contributed by atoms with van der Waals surface area (Å²) in [7, 11) is 4.92. The molecular formula is C27H34O6. The van der Waals surface area contributed by atoms with Crippen molar-refractivity contribution < 1.29 is 28.5 Å². The molecule has 0 amide bonds. The zero-order chi connectivity index (χ0) is 24.0. The van der Waals surface area contributed by atoms with Gasteiger partial charge in [-0.25, -0.2) is 4.79 Å². The molecule has 0 unspecified atom stereocenters. The molecule has 6 heteroatoms. The van der Waals surface area contributed by atoms with Crippen molar-refractivity contribution in [3.63, 3.8) is 0 Å². The van der Waals surface area contributed by atoms with Gasteiger partial charge in [-0.05, 0) is 68.0 Å². The summed E-state index contributed by atoms with van der Waals surface area (Å²) in [4.78, 5) is 12.4. The van der Waals surface area contributed by atoms with Crippen LogP contribution in [0, 0.1) is 18.8 Å². The summed E-state index contributed by atoms with van der Waals surface area (Å²) in [6.45, 7) is 6.45. The predicted octanol–water partition coefficient (Wildman–Crippen LogP) is 5.08. The molecule has 0 radical (unpaired) electrons. The Morgan fingerprint density at radius 1 is 1.03 bits per heavy atom. The van der Waals surface area contributed by atoms with Gasteiger partial charge in [-0.15, -0.1) is 0 Å². The van der Waals surface area contributed by atoms with E-state index >= 15 is 0 Å². The third kappa shape index (κ3) is 5.69. The van der Waals surface area contributed by atoms with Gasteiger partial charge >= 0.3 is 5.97 Å². The summed E-state index contributed by atoms with van der Waals surface area (Å²) in [5.41, 5.74) is 3.80. The summed E-state index contributed by atoms with van der Waals surface area (Å²) in [5, 5.41) is 0. The first kappa shape index (κ1) is 24.6. The van der Waals surface area contributed by atoms with Crippen molar-refractivity contribution in [2.75, 3.05) is 34.5 Å². The molecule has 33 heavy (non-hydrogen) atoms. The maximum absolute atomic E-state index is 12.4. The summed E-state index contributed by atoms with van der Waals surface area (Å²) in [6, 6.07) is 12.1. The third-order valence-corrected chi connectivity index (χ3v) is 6.35. The lowest BCUT2D eigenvalue weighted by Gasteiger charge is -2.24. The van der Waals surface area contributed by atoms with Gasteiger partial charge in [0, 0.05) is 11.5 Å². The van der Waals surface area contributed by atoms with Gasteiger partial charge in [0.1, 0.15) is 5.75 Å². The number of rotatable bonds is 9. The maximum Gasteiger partial charge on any atom is 0.333 e. The van der Waals surface area contributed by atoms with Crippen molar-refractivity contribution in [3.05, 3.63) is 64.7 Å². The Kier molecular flexibility index (Phi) is 8.39. The number of carbonyl (C=O) groups excluding carboxylic acids is 1. The van der Waals surface area contributed by atoms with Crippen molar-refractivity contribution >= 4 is 5.97 Å². The number of carbonyl (C=O) groups is 1. The minimum absolute atomic E-state index is 0.000820. The van der Waals surface area contributed by atoms with Crippen molar-refractivity contribution in [1.29, 1.82) is 0 Å². The molecule has 3 rings (SSSR count). The number of esters is 1. The second-order valence-electron chi connectivity index (χ2n) is 8.37. The number of ether oxygens (including phenoxy) is 5. The highest BCUT2D eigenvalue weighted by molar-refractivity contribution is 5.87. The van der Waals surface area contributed by atoms with Gasteiger partial charge in [-0.1, -0.05) is 24.3 Å². The van der Waals surface area contributed by atoms with E-state index in [1.54, 1.807) is 34.3 Å². The van der Waals surface area contributed by atoms with Crippen LogP contribution in [0.2, 0.25) is 0 Å². The molecule has 2 aromatic carbocycles. The van der Waals surface area contributed by atoms with E-state index in [2.05, 4.69) is 6.07 Å². The average Bonchev–Trinajstić information content (AvgIpc) is 3.24. The monoisotopic (exact) mass is 454 g/mol. The fourth-order valence-corrected chi connectivity index (χ4v) is 4.23. The molecule has 3 atom stereocenters. The van der Waals surface area contributed by atoms with Crippen LogP contribution in [0.15, 0.2) is 48.0 Å². The molecule has 6 nitrogen and oxygen atoms in total. The molecule has 0 aliphatic carbocycles. The van der Waals surface area contributed by atoms with Gasteiger partial charge in [0.15, 0.2) is 11.5 Å². The standard InChI is InChI=1S/C27H34O6/c1-7-17(2)27(28)33-16-22-21(12-19-9-11-23(29-4)25(13-19)31-6)15-32-26(22)20-10-8-18(3)24(14-20)30-5/h7-11,13-14,21-22,26H,12,15-16H2,1-6H3/b17-7-/t21-,22-,26+/m0/s1. The Labute approximate surface area is 196 Å². The summed E-state index contributed by atoms with van der Waals surface area (Å²) in [5.74, 6) is 2.08. The number of hydrogen-bond donors (Lipinski definition) is 0. The van der Waals surface area contributed by atoms with Gasteiger partial charge < -0.3 is 23.7 Å². The Bertz CT molecular complexity index is 996. The van der Waals surface area contributed by atoms with Crippen LogP contribution in [-0.4, -0.2) is 40.5 Å². The molecule has 1 fully saturated rings. The number of benzene rings is 2. The molecular weight excluding hydrogens is 420 g/mol. The lowest BCUT2D eigenvalue weighted by Crippen LogP contribution is -2.24. The van der Waals surface area contributed by atoms with E-state index in [1.807, 2.05) is 44.2 Å². The fraction of sp³-hybridized carbons (Fsp3) is 0.444. The number of aryl methyl sites for hydroxylation is 1. The second kappa shape index (κ2) is 11.2. The first-order chi connectivity index (χ1) is 15.9. The Morgan fingerprint density at radius 3 is 2.42 bits per heavy atom. The summed E-state index contributed by atoms with van der Waals surface area (Å²) >= 11 is 0. The van der Waals surface area contributed by atoms with Crippen LogP contribution in [0.25, 0.3) is 0 Å². The van der Waals surface area contributed by atoms with Crippen molar-refractivity contribution in [2.24, 2.45) is 11.8 Å². The van der Waals surface area contributed by atoms with Crippen LogP contribution in [0.3, 0.4) is 0 Å². The van der Waals surface area contributed by atoms with Crippen LogP contribution in [-0.2, 0) is 20.7 Å². The van der Waals surface area contributed by atoms with E-state index in [0.717, 1.165) is 28.9 Å². The smallest absolute Gasteiger partial charge is 0.333 e. The lowest BCUT2D eigenvalue weighted by molar-refractivity contribution is -0.141. The molecule has 1 aliphatic heterocycles. The Balaban J connectivity index is 1.86. The third-order valence-electron chi connectivity index (χ3n) is 6.35. The highest BCUT2D eigenvalue weighted by Gasteiger charge is 2.39. The average molecular weight is 455 g/mol. The van der Waals surface area contributed by atoms with Gasteiger partial charge in [-0.3, -0.25) is 0 Å². The molecule has 0 aromatic heterocycles. The molecule has 0 spiro atoms. The molecule has 2 aromatic rings. The predicted molar refractivity (Wildman–Crippen MR) is 127 cm³/mol. The zero-order valence-corrected chi connectivity index (χ0v) is 20.3. The normalized spacial score (nSPS) is 20.4. The summed E-state index contributed by atoms with van der Waals surface area (Å²) < 4.78 is 28.3. The van der Waals surface area contributed by atoms with Crippen molar-refractivity contribution in [2.45, 2.75) is 33.3 Å². The highest BCUT2D eigenvalue weighted by Crippen LogP contribution is 2.42. The van der Waals surface area contributed by atoms with E-state index in [1.165, 1.54) is 0 Å². The number of allylic oxidation sites excluding steroid dienone is 1. The van der Waals surface area contributed by atoms with Crippen LogP contribution in [0.5, 0.6) is 17.2 Å². The van der Waals surface area contributed by atoms with Crippen LogP contribution < -0.4 is 14.2 Å². The van der Waals surface area contributed by atoms with Crippen LogP contribution in [0.1, 0.15) is 36.6 Å². The molecule has 1 aliphatic rings. The number of methoxy groups -OCH3 is 3. The zero-order valence-electron chi connectivity index (χ0n) is 20.3. The second-order valence-corrected chi connectivity index (χ2v) is 8.37. The van der Waals surface area contributed by atoms with Gasteiger partial charge in [0.05, 0.1) is 40.6 Å². The van der Waals surface area contributed by atoms with Gasteiger partial charge in [0.25, 0.3) is 0 Å². The SMILES string of the molecule is C/C=C(/C)C(=O)OC[C@H]1[C@@H](Cc2ccc(OC)c(OC)c2)CO[C@@H]1c1ccc(C)c(OC)c1. The summed E-state index contributed by atoms with van der Waals surface area (Å²) in [6.07, 6.45) is 2.34. The number of hydrogen-bond acceptors (Lipinski definition) is 6. The van der Waals surface area contributed by atoms with Gasteiger partial charge in [-0.2, -0.15) is 0 Å². The quantitative estimate of drug-likeness (QED) is 0.389. The molecule has 0 saturated carbocycles. The van der Waals surface area contributed by atoms with E-state index < -0.39 is 0 Å². The van der Waals surface area contributed by atoms with Crippen molar-refractivity contribution in [1.82, 2.24) is 0 Å². The minimum Gasteiger partial charge on any atom is -0.496 e. The minimum atomic E-state index is -0.297. The molecule has 0 bridgehead atoms. The van der Waals surface area contributed by atoms with Crippen molar-refractivity contribution in [3.8, 4) is 17.2 Å². The van der Waals surface area contributed by atoms with E-state index in [4.69, 9.17) is 23.7 Å². The fourth-order valence-electron chi connectivity index (χ4n) is 4.23. The Morgan fingerprint density at radius 2 is 1.76 bits per heavy atom. The largest absolute Gasteiger partial charge is 0.496 e. The maximum atomic E-state index is 12.4. The topological polar surface area (TPSA) is 63.2 Å². The molecule has 1 saturated heterocycles.